The van der Waals surface area contributed by atoms with Crippen molar-refractivity contribution < 1.29 is 4.79 Å². The van der Waals surface area contributed by atoms with Crippen molar-refractivity contribution in [3.05, 3.63) is 44.6 Å². The summed E-state index contributed by atoms with van der Waals surface area (Å²) in [5, 5.41) is 9.69. The van der Waals surface area contributed by atoms with E-state index in [-0.39, 0.29) is 17.0 Å². The topological polar surface area (TPSA) is 69.3 Å². The summed E-state index contributed by atoms with van der Waals surface area (Å²) in [6.07, 6.45) is 4.59. The number of thiocarbonyl (C=S) groups is 1. The zero-order valence-electron chi connectivity index (χ0n) is 18.5. The second-order valence-electron chi connectivity index (χ2n) is 8.33. The standard InChI is InChI=1S/C23H28N4O2S2/c1-6-8-27-22(29)19(31-23(27)30)10-17-16(5)18(11-24)21(28)26(7-2)20(17)25-12-14(3)9-15(4)13-25/h6,10,14-15H,1,7-9,12-13H2,2-5H3. The van der Waals surface area contributed by atoms with E-state index in [9.17, 15) is 14.9 Å². The summed E-state index contributed by atoms with van der Waals surface area (Å²) in [5.74, 6) is 1.59. The number of carbonyl (C=O) groups excluding carboxylic acids is 1. The number of nitrogens with zero attached hydrogens (tertiary/aromatic N) is 4. The zero-order chi connectivity index (χ0) is 22.9. The van der Waals surface area contributed by atoms with Crippen LogP contribution in [0.2, 0.25) is 0 Å². The molecular formula is C23H28N4O2S2. The minimum Gasteiger partial charge on any atom is -0.357 e. The summed E-state index contributed by atoms with van der Waals surface area (Å²) in [6, 6.07) is 2.08. The molecule has 3 heterocycles. The average molecular weight is 457 g/mol. The highest BCUT2D eigenvalue weighted by Gasteiger charge is 2.33. The molecule has 31 heavy (non-hydrogen) atoms. The van der Waals surface area contributed by atoms with E-state index in [1.54, 1.807) is 17.6 Å². The van der Waals surface area contributed by atoms with Gasteiger partial charge in [0, 0.05) is 31.7 Å². The van der Waals surface area contributed by atoms with Crippen LogP contribution >= 0.6 is 24.0 Å². The molecule has 0 N–H and O–H groups in total. The molecule has 0 saturated carbocycles. The minimum absolute atomic E-state index is 0.122. The van der Waals surface area contributed by atoms with Crippen LogP contribution in [0.1, 0.15) is 43.9 Å². The Labute approximate surface area is 193 Å². The Bertz CT molecular complexity index is 1060. The van der Waals surface area contributed by atoms with Gasteiger partial charge in [-0.25, -0.2) is 0 Å². The number of carbonyl (C=O) groups is 1. The van der Waals surface area contributed by atoms with Crippen molar-refractivity contribution in [3.8, 4) is 6.07 Å². The molecule has 6 nitrogen and oxygen atoms in total. The van der Waals surface area contributed by atoms with Crippen LogP contribution in [-0.4, -0.2) is 39.3 Å². The maximum absolute atomic E-state index is 13.1. The van der Waals surface area contributed by atoms with Crippen LogP contribution in [-0.2, 0) is 11.3 Å². The maximum Gasteiger partial charge on any atom is 0.270 e. The highest BCUT2D eigenvalue weighted by Crippen LogP contribution is 2.37. The Morgan fingerprint density at radius 3 is 2.48 bits per heavy atom. The number of hydrogen-bond donors (Lipinski definition) is 0. The van der Waals surface area contributed by atoms with Crippen molar-refractivity contribution in [3.63, 3.8) is 0 Å². The summed E-state index contributed by atoms with van der Waals surface area (Å²) < 4.78 is 2.16. The van der Waals surface area contributed by atoms with Gasteiger partial charge in [0.25, 0.3) is 11.5 Å². The lowest BCUT2D eigenvalue weighted by molar-refractivity contribution is -0.121. The first kappa shape index (κ1) is 23.3. The van der Waals surface area contributed by atoms with E-state index in [0.29, 0.717) is 39.7 Å². The molecule has 1 aromatic heterocycles. The molecule has 2 atom stereocenters. The molecule has 0 radical (unpaired) electrons. The van der Waals surface area contributed by atoms with Gasteiger partial charge in [0.2, 0.25) is 0 Å². The maximum atomic E-state index is 13.1. The first-order valence-electron chi connectivity index (χ1n) is 10.5. The Balaban J connectivity index is 2.25. The summed E-state index contributed by atoms with van der Waals surface area (Å²) >= 11 is 6.62. The average Bonchev–Trinajstić information content (AvgIpc) is 2.97. The molecule has 0 bridgehead atoms. The third kappa shape index (κ3) is 4.35. The number of amides is 1. The Hall–Kier alpha value is -2.37. The van der Waals surface area contributed by atoms with Crippen LogP contribution in [0.4, 0.5) is 5.82 Å². The normalized spacial score (nSPS) is 22.9. The molecule has 1 aromatic rings. The lowest BCUT2D eigenvalue weighted by Crippen LogP contribution is -2.42. The minimum atomic E-state index is -0.278. The quantitative estimate of drug-likeness (QED) is 0.380. The van der Waals surface area contributed by atoms with E-state index in [4.69, 9.17) is 12.2 Å². The van der Waals surface area contributed by atoms with Gasteiger partial charge in [-0.05, 0) is 43.7 Å². The molecule has 2 unspecified atom stereocenters. The summed E-state index contributed by atoms with van der Waals surface area (Å²) in [4.78, 5) is 30.3. The van der Waals surface area contributed by atoms with E-state index in [1.165, 1.54) is 16.7 Å². The molecule has 0 aromatic carbocycles. The second-order valence-corrected chi connectivity index (χ2v) is 10.0. The summed E-state index contributed by atoms with van der Waals surface area (Å²) in [5.41, 5.74) is 1.20. The number of hydrogen-bond acceptors (Lipinski definition) is 6. The number of piperidine rings is 1. The van der Waals surface area contributed by atoms with Crippen molar-refractivity contribution in [2.45, 2.75) is 40.7 Å². The Kier molecular flexibility index (Phi) is 7.07. The molecule has 3 rings (SSSR count). The van der Waals surface area contributed by atoms with Crippen LogP contribution in [0.5, 0.6) is 0 Å². The molecule has 0 aliphatic carbocycles. The lowest BCUT2D eigenvalue weighted by atomic mass is 9.91. The van der Waals surface area contributed by atoms with Gasteiger partial charge in [0.05, 0.1) is 4.91 Å². The third-order valence-corrected chi connectivity index (χ3v) is 7.17. The molecule has 2 saturated heterocycles. The lowest BCUT2D eigenvalue weighted by Gasteiger charge is -2.38. The Morgan fingerprint density at radius 1 is 1.29 bits per heavy atom. The van der Waals surface area contributed by atoms with Crippen LogP contribution < -0.4 is 10.5 Å². The van der Waals surface area contributed by atoms with E-state index in [1.807, 2.05) is 13.0 Å². The van der Waals surface area contributed by atoms with Gasteiger partial charge in [-0.1, -0.05) is 43.9 Å². The number of rotatable bonds is 5. The van der Waals surface area contributed by atoms with Crippen molar-refractivity contribution in [1.82, 2.24) is 9.47 Å². The molecule has 0 spiro atoms. The fraction of sp³-hybridized carbons (Fsp3) is 0.478. The van der Waals surface area contributed by atoms with Crippen molar-refractivity contribution in [1.29, 1.82) is 5.26 Å². The van der Waals surface area contributed by atoms with Gasteiger partial charge in [0.15, 0.2) is 0 Å². The smallest absolute Gasteiger partial charge is 0.270 e. The van der Waals surface area contributed by atoms with E-state index in [2.05, 4.69) is 31.4 Å². The molecule has 2 aliphatic rings. The molecular weight excluding hydrogens is 428 g/mol. The molecule has 2 fully saturated rings. The third-order valence-electron chi connectivity index (χ3n) is 5.79. The van der Waals surface area contributed by atoms with E-state index >= 15 is 0 Å². The van der Waals surface area contributed by atoms with Gasteiger partial charge in [-0.2, -0.15) is 5.26 Å². The largest absolute Gasteiger partial charge is 0.357 e. The van der Waals surface area contributed by atoms with Gasteiger partial charge in [-0.15, -0.1) is 6.58 Å². The van der Waals surface area contributed by atoms with Crippen LogP contribution in [0.25, 0.3) is 6.08 Å². The SMILES string of the molecule is C=CCN1C(=O)C(=Cc2c(C)c(C#N)c(=O)n(CC)c2N2CC(C)CC(C)C2)SC1=S. The second kappa shape index (κ2) is 9.41. The molecule has 2 aliphatic heterocycles. The first-order valence-corrected chi connectivity index (χ1v) is 11.7. The van der Waals surface area contributed by atoms with Crippen molar-refractivity contribution >= 4 is 46.1 Å². The van der Waals surface area contributed by atoms with Gasteiger partial charge < -0.3 is 4.90 Å². The number of aromatic nitrogens is 1. The van der Waals surface area contributed by atoms with E-state index < -0.39 is 0 Å². The summed E-state index contributed by atoms with van der Waals surface area (Å²) in [7, 11) is 0. The molecule has 1 amide bonds. The fourth-order valence-electron chi connectivity index (χ4n) is 4.53. The van der Waals surface area contributed by atoms with Crippen LogP contribution in [0, 0.1) is 30.1 Å². The number of thioether (sulfide) groups is 1. The first-order chi connectivity index (χ1) is 14.7. The van der Waals surface area contributed by atoms with Crippen molar-refractivity contribution in [2.75, 3.05) is 24.5 Å². The highest BCUT2D eigenvalue weighted by molar-refractivity contribution is 8.26. The monoisotopic (exact) mass is 456 g/mol. The molecule has 164 valence electrons. The number of nitriles is 1. The van der Waals surface area contributed by atoms with Gasteiger partial charge in [-0.3, -0.25) is 19.1 Å². The molecule has 8 heteroatoms. The highest BCUT2D eigenvalue weighted by atomic mass is 32.2. The van der Waals surface area contributed by atoms with E-state index in [0.717, 1.165) is 30.9 Å². The zero-order valence-corrected chi connectivity index (χ0v) is 20.1. The van der Waals surface area contributed by atoms with Gasteiger partial charge >= 0.3 is 0 Å². The predicted molar refractivity (Wildman–Crippen MR) is 131 cm³/mol. The number of anilines is 1. The van der Waals surface area contributed by atoms with Crippen LogP contribution in [0.3, 0.4) is 0 Å². The fourth-order valence-corrected chi connectivity index (χ4v) is 5.79. The number of pyridine rings is 1. The predicted octanol–water partition coefficient (Wildman–Crippen LogP) is 3.92. The van der Waals surface area contributed by atoms with Gasteiger partial charge in [0.1, 0.15) is 21.8 Å². The van der Waals surface area contributed by atoms with Crippen LogP contribution in [0.15, 0.2) is 22.4 Å². The Morgan fingerprint density at radius 2 is 1.94 bits per heavy atom. The summed E-state index contributed by atoms with van der Waals surface area (Å²) in [6.45, 7) is 14.3. The van der Waals surface area contributed by atoms with Crippen molar-refractivity contribution in [2.24, 2.45) is 11.8 Å².